The lowest BCUT2D eigenvalue weighted by molar-refractivity contribution is -0.112. The Labute approximate surface area is 75.5 Å². The molecule has 0 fully saturated rings. The van der Waals surface area contributed by atoms with E-state index >= 15 is 0 Å². The second kappa shape index (κ2) is 4.09. The van der Waals surface area contributed by atoms with Crippen molar-refractivity contribution in [2.75, 3.05) is 5.32 Å². The van der Waals surface area contributed by atoms with Crippen LogP contribution in [0.25, 0.3) is 0 Å². The van der Waals surface area contributed by atoms with E-state index in [-0.39, 0.29) is 0 Å². The summed E-state index contributed by atoms with van der Waals surface area (Å²) in [5, 5.41) is 2.14. The highest BCUT2D eigenvalue weighted by Gasteiger charge is 2.08. The highest BCUT2D eigenvalue weighted by Crippen LogP contribution is 2.05. The molecule has 0 bridgehead atoms. The molecule has 0 heterocycles. The molecule has 1 unspecified atom stereocenters. The molecule has 1 aromatic carbocycles. The quantitative estimate of drug-likeness (QED) is 0.547. The van der Waals surface area contributed by atoms with Crippen molar-refractivity contribution in [2.24, 2.45) is 5.73 Å². The van der Waals surface area contributed by atoms with Gasteiger partial charge >= 0.3 is 0 Å². The normalized spacial score (nSPS) is 12.2. The van der Waals surface area contributed by atoms with Crippen molar-refractivity contribution < 1.29 is 4.79 Å². The molecular weight excluding hydrogens is 176 g/mol. The molecule has 1 aromatic rings. The predicted molar refractivity (Wildman–Crippen MR) is 48.9 cm³/mol. The minimum Gasteiger partial charge on any atom is -0.363 e. The molecule has 4 heteroatoms. The van der Waals surface area contributed by atoms with E-state index in [1.807, 2.05) is 18.2 Å². The Morgan fingerprint density at radius 1 is 1.42 bits per heavy atom. The number of para-hydroxylation sites is 1. The number of hydrogen-bond acceptors (Lipinski definition) is 3. The largest absolute Gasteiger partial charge is 0.363 e. The van der Waals surface area contributed by atoms with E-state index < -0.39 is 11.4 Å². The Morgan fingerprint density at radius 2 is 2.00 bits per heavy atom. The average molecular weight is 185 g/mol. The predicted octanol–water partition coefficient (Wildman–Crippen LogP) is 1.15. The van der Waals surface area contributed by atoms with Gasteiger partial charge in [-0.15, -0.1) is 0 Å². The highest BCUT2D eigenvalue weighted by atomic mass is 35.5. The smallest absolute Gasteiger partial charge is 0.258 e. The first-order valence-corrected chi connectivity index (χ1v) is 3.84. The molecule has 0 spiro atoms. The zero-order valence-electron chi connectivity index (χ0n) is 6.33. The van der Waals surface area contributed by atoms with E-state index in [9.17, 15) is 4.79 Å². The number of anilines is 1. The van der Waals surface area contributed by atoms with Gasteiger partial charge in [0.15, 0.2) is 6.17 Å². The zero-order valence-corrected chi connectivity index (χ0v) is 7.08. The van der Waals surface area contributed by atoms with Gasteiger partial charge in [0, 0.05) is 5.69 Å². The molecule has 0 aliphatic carbocycles. The van der Waals surface area contributed by atoms with Gasteiger partial charge in [0.2, 0.25) is 0 Å². The van der Waals surface area contributed by atoms with Crippen molar-refractivity contribution in [3.05, 3.63) is 30.3 Å². The highest BCUT2D eigenvalue weighted by molar-refractivity contribution is 6.64. The maximum atomic E-state index is 10.5. The fraction of sp³-hybridized carbons (Fsp3) is 0.125. The molecule has 64 valence electrons. The Hall–Kier alpha value is -1.06. The monoisotopic (exact) mass is 184 g/mol. The molecule has 0 aliphatic rings. The first-order chi connectivity index (χ1) is 5.70. The summed E-state index contributed by atoms with van der Waals surface area (Å²) in [6, 6.07) is 9.17. The minimum absolute atomic E-state index is 0.598. The maximum Gasteiger partial charge on any atom is 0.258 e. The Bertz CT molecular complexity index is 263. The summed E-state index contributed by atoms with van der Waals surface area (Å²) in [6.07, 6.45) is -0.839. The van der Waals surface area contributed by atoms with Crippen LogP contribution in [0.15, 0.2) is 30.3 Å². The number of carbonyl (C=O) groups excluding carboxylic acids is 1. The maximum absolute atomic E-state index is 10.5. The second-order valence-corrected chi connectivity index (χ2v) is 2.66. The summed E-state index contributed by atoms with van der Waals surface area (Å²) in [4.78, 5) is 10.5. The number of halogens is 1. The molecule has 0 saturated heterocycles. The lowest BCUT2D eigenvalue weighted by atomic mass is 10.3. The fourth-order valence-corrected chi connectivity index (χ4v) is 0.825. The lowest BCUT2D eigenvalue weighted by Gasteiger charge is -2.09. The van der Waals surface area contributed by atoms with Crippen LogP contribution in [0.2, 0.25) is 0 Å². The van der Waals surface area contributed by atoms with Gasteiger partial charge in [-0.1, -0.05) is 18.2 Å². The summed E-state index contributed by atoms with van der Waals surface area (Å²) < 4.78 is 0. The van der Waals surface area contributed by atoms with Crippen LogP contribution in [-0.2, 0) is 4.79 Å². The van der Waals surface area contributed by atoms with Crippen molar-refractivity contribution in [1.29, 1.82) is 0 Å². The summed E-state index contributed by atoms with van der Waals surface area (Å²) >= 11 is 5.15. The standard InChI is InChI=1S/C8H9ClN2O/c9-7(12)8(10)11-6-4-2-1-3-5-6/h1-5,8,11H,10H2. The third-order valence-corrected chi connectivity index (χ3v) is 1.58. The van der Waals surface area contributed by atoms with E-state index in [0.717, 1.165) is 5.69 Å². The summed E-state index contributed by atoms with van der Waals surface area (Å²) in [7, 11) is 0. The SMILES string of the molecule is NC(Nc1ccccc1)C(=O)Cl. The molecule has 0 saturated carbocycles. The van der Waals surface area contributed by atoms with Gasteiger partial charge in [-0.05, 0) is 23.7 Å². The summed E-state index contributed by atoms with van der Waals surface area (Å²) in [5.41, 5.74) is 6.13. The van der Waals surface area contributed by atoms with Gasteiger partial charge < -0.3 is 11.1 Å². The third-order valence-electron chi connectivity index (χ3n) is 1.34. The van der Waals surface area contributed by atoms with Crippen LogP contribution in [-0.4, -0.2) is 11.4 Å². The Kier molecular flexibility index (Phi) is 3.08. The van der Waals surface area contributed by atoms with Gasteiger partial charge in [0.1, 0.15) is 0 Å². The van der Waals surface area contributed by atoms with Crippen molar-refractivity contribution in [3.63, 3.8) is 0 Å². The van der Waals surface area contributed by atoms with Gasteiger partial charge in [0.25, 0.3) is 5.24 Å². The number of benzene rings is 1. The number of hydrogen-bond donors (Lipinski definition) is 2. The second-order valence-electron chi connectivity index (χ2n) is 2.29. The molecule has 1 rings (SSSR count). The van der Waals surface area contributed by atoms with E-state index in [0.29, 0.717) is 0 Å². The Morgan fingerprint density at radius 3 is 2.50 bits per heavy atom. The molecule has 3 nitrogen and oxygen atoms in total. The first kappa shape index (κ1) is 9.03. The molecule has 0 amide bonds. The Balaban J connectivity index is 2.58. The van der Waals surface area contributed by atoms with Crippen LogP contribution in [0.5, 0.6) is 0 Å². The van der Waals surface area contributed by atoms with E-state index in [1.54, 1.807) is 12.1 Å². The van der Waals surface area contributed by atoms with Crippen LogP contribution < -0.4 is 11.1 Å². The van der Waals surface area contributed by atoms with Crippen LogP contribution in [0.4, 0.5) is 5.69 Å². The molecule has 0 aromatic heterocycles. The molecule has 1 atom stereocenters. The van der Waals surface area contributed by atoms with Gasteiger partial charge in [-0.2, -0.15) is 0 Å². The van der Waals surface area contributed by atoms with Crippen molar-refractivity contribution >= 4 is 22.5 Å². The molecular formula is C8H9ClN2O. The molecule has 0 radical (unpaired) electrons. The van der Waals surface area contributed by atoms with Gasteiger partial charge in [0.05, 0.1) is 0 Å². The van der Waals surface area contributed by atoms with Crippen LogP contribution >= 0.6 is 11.6 Å². The van der Waals surface area contributed by atoms with Gasteiger partial charge in [-0.3, -0.25) is 4.79 Å². The van der Waals surface area contributed by atoms with Crippen molar-refractivity contribution in [2.45, 2.75) is 6.17 Å². The topological polar surface area (TPSA) is 55.1 Å². The van der Waals surface area contributed by atoms with E-state index in [2.05, 4.69) is 5.32 Å². The third kappa shape index (κ3) is 2.53. The average Bonchev–Trinajstić information content (AvgIpc) is 2.06. The number of nitrogens with one attached hydrogen (secondary N) is 1. The fourth-order valence-electron chi connectivity index (χ4n) is 0.771. The van der Waals surface area contributed by atoms with Crippen LogP contribution in [0.1, 0.15) is 0 Å². The van der Waals surface area contributed by atoms with Gasteiger partial charge in [-0.25, -0.2) is 0 Å². The van der Waals surface area contributed by atoms with Crippen LogP contribution in [0.3, 0.4) is 0 Å². The van der Waals surface area contributed by atoms with Crippen molar-refractivity contribution in [3.8, 4) is 0 Å². The van der Waals surface area contributed by atoms with Crippen LogP contribution in [0, 0.1) is 0 Å². The first-order valence-electron chi connectivity index (χ1n) is 3.46. The van der Waals surface area contributed by atoms with Crippen molar-refractivity contribution in [1.82, 2.24) is 0 Å². The minimum atomic E-state index is -0.839. The lowest BCUT2D eigenvalue weighted by Crippen LogP contribution is -2.35. The van der Waals surface area contributed by atoms with E-state index in [1.165, 1.54) is 0 Å². The number of carbonyl (C=O) groups is 1. The number of rotatable bonds is 3. The summed E-state index contributed by atoms with van der Waals surface area (Å²) in [6.45, 7) is 0. The molecule has 12 heavy (non-hydrogen) atoms. The van der Waals surface area contributed by atoms with E-state index in [4.69, 9.17) is 17.3 Å². The number of nitrogens with two attached hydrogens (primary N) is 1. The summed E-state index contributed by atoms with van der Waals surface area (Å²) in [5.74, 6) is 0. The molecule has 3 N–H and O–H groups in total. The zero-order chi connectivity index (χ0) is 8.97. The molecule has 0 aliphatic heterocycles.